The van der Waals surface area contributed by atoms with Crippen molar-refractivity contribution in [2.24, 2.45) is 5.73 Å². The Morgan fingerprint density at radius 2 is 1.65 bits per heavy atom. The van der Waals surface area contributed by atoms with E-state index in [2.05, 4.69) is 6.92 Å². The predicted octanol–water partition coefficient (Wildman–Crippen LogP) is 4.90. The van der Waals surface area contributed by atoms with Crippen LogP contribution in [-0.2, 0) is 0 Å². The lowest BCUT2D eigenvalue weighted by Crippen LogP contribution is -2.19. The molecule has 3 atom stereocenters. The first-order valence-electron chi connectivity index (χ1n) is 7.57. The van der Waals surface area contributed by atoms with Gasteiger partial charge in [0.1, 0.15) is 5.75 Å². The van der Waals surface area contributed by atoms with E-state index in [1.54, 1.807) is 18.2 Å². The third-order valence-corrected chi connectivity index (χ3v) is 4.54. The number of rotatable bonds is 6. The summed E-state index contributed by atoms with van der Waals surface area (Å²) in [5, 5.41) is 11.4. The van der Waals surface area contributed by atoms with E-state index in [0.29, 0.717) is 10.0 Å². The van der Waals surface area contributed by atoms with Crippen molar-refractivity contribution >= 4 is 23.2 Å². The number of aliphatic hydroxyl groups excluding tert-OH is 1. The molecule has 0 saturated carbocycles. The first kappa shape index (κ1) is 18.1. The SMILES string of the molecule is CCC(C)Oc1ccc([C@@H](O)[C@@H](N)c2ccc(Cl)c(Cl)c2)cc1. The molecule has 0 radical (unpaired) electrons. The fraction of sp³-hybridized carbons (Fsp3) is 0.333. The molecular weight excluding hydrogens is 333 g/mol. The van der Waals surface area contributed by atoms with Crippen LogP contribution in [0.2, 0.25) is 10.0 Å². The number of halogens is 2. The second kappa shape index (κ2) is 8.02. The molecule has 0 heterocycles. The van der Waals surface area contributed by atoms with E-state index in [1.165, 1.54) is 0 Å². The molecular formula is C18H21Cl2NO2. The van der Waals surface area contributed by atoms with Gasteiger partial charge in [-0.25, -0.2) is 0 Å². The average molecular weight is 354 g/mol. The number of nitrogens with two attached hydrogens (primary N) is 1. The number of ether oxygens (including phenoxy) is 1. The molecule has 0 aromatic heterocycles. The van der Waals surface area contributed by atoms with Crippen molar-refractivity contribution in [1.29, 1.82) is 0 Å². The van der Waals surface area contributed by atoms with Gasteiger partial charge in [0, 0.05) is 0 Å². The van der Waals surface area contributed by atoms with E-state index in [-0.39, 0.29) is 6.10 Å². The summed E-state index contributed by atoms with van der Waals surface area (Å²) in [5.41, 5.74) is 7.60. The Hall–Kier alpha value is -1.26. The lowest BCUT2D eigenvalue weighted by atomic mass is 9.96. The molecule has 124 valence electrons. The van der Waals surface area contributed by atoms with E-state index < -0.39 is 12.1 Å². The van der Waals surface area contributed by atoms with E-state index in [9.17, 15) is 5.11 Å². The van der Waals surface area contributed by atoms with Crippen molar-refractivity contribution in [3.8, 4) is 5.75 Å². The summed E-state index contributed by atoms with van der Waals surface area (Å²) >= 11 is 11.9. The Morgan fingerprint density at radius 3 is 2.22 bits per heavy atom. The summed E-state index contributed by atoms with van der Waals surface area (Å²) in [6, 6.07) is 11.8. The monoisotopic (exact) mass is 353 g/mol. The summed E-state index contributed by atoms with van der Waals surface area (Å²) in [4.78, 5) is 0. The van der Waals surface area contributed by atoms with Gasteiger partial charge in [0.15, 0.2) is 0 Å². The second-order valence-corrected chi connectivity index (χ2v) is 6.36. The Balaban J connectivity index is 2.12. The zero-order valence-electron chi connectivity index (χ0n) is 13.2. The van der Waals surface area contributed by atoms with E-state index in [0.717, 1.165) is 23.3 Å². The molecule has 2 aromatic carbocycles. The highest BCUT2D eigenvalue weighted by Gasteiger charge is 2.19. The molecule has 23 heavy (non-hydrogen) atoms. The summed E-state index contributed by atoms with van der Waals surface area (Å²) in [7, 11) is 0. The van der Waals surface area contributed by atoms with Crippen LogP contribution in [0.25, 0.3) is 0 Å². The highest BCUT2D eigenvalue weighted by molar-refractivity contribution is 6.42. The van der Waals surface area contributed by atoms with Crippen LogP contribution in [0.4, 0.5) is 0 Å². The van der Waals surface area contributed by atoms with Crippen LogP contribution in [0.5, 0.6) is 5.75 Å². The number of benzene rings is 2. The normalized spacial score (nSPS) is 15.0. The average Bonchev–Trinajstić information content (AvgIpc) is 2.56. The smallest absolute Gasteiger partial charge is 0.119 e. The quantitative estimate of drug-likeness (QED) is 0.775. The van der Waals surface area contributed by atoms with Crippen LogP contribution in [-0.4, -0.2) is 11.2 Å². The third-order valence-electron chi connectivity index (χ3n) is 3.80. The molecule has 0 aliphatic heterocycles. The van der Waals surface area contributed by atoms with Gasteiger partial charge in [-0.15, -0.1) is 0 Å². The zero-order valence-corrected chi connectivity index (χ0v) is 14.7. The maximum Gasteiger partial charge on any atom is 0.119 e. The van der Waals surface area contributed by atoms with E-state index in [4.69, 9.17) is 33.7 Å². The first-order valence-corrected chi connectivity index (χ1v) is 8.33. The largest absolute Gasteiger partial charge is 0.491 e. The van der Waals surface area contributed by atoms with Gasteiger partial charge in [0.05, 0.1) is 28.3 Å². The first-order chi connectivity index (χ1) is 10.9. The maximum atomic E-state index is 10.5. The minimum Gasteiger partial charge on any atom is -0.491 e. The Bertz CT molecular complexity index is 646. The van der Waals surface area contributed by atoms with Crippen LogP contribution >= 0.6 is 23.2 Å². The van der Waals surface area contributed by atoms with Crippen molar-refractivity contribution in [2.45, 2.75) is 38.5 Å². The molecule has 3 N–H and O–H groups in total. The minimum atomic E-state index is -0.843. The van der Waals surface area contributed by atoms with Crippen molar-refractivity contribution in [3.63, 3.8) is 0 Å². The van der Waals surface area contributed by atoms with Crippen LogP contribution in [0, 0.1) is 0 Å². The van der Waals surface area contributed by atoms with Crippen LogP contribution in [0.1, 0.15) is 43.5 Å². The molecule has 0 aliphatic carbocycles. The van der Waals surface area contributed by atoms with Crippen LogP contribution < -0.4 is 10.5 Å². The van der Waals surface area contributed by atoms with Gasteiger partial charge in [0.25, 0.3) is 0 Å². The van der Waals surface area contributed by atoms with Crippen molar-refractivity contribution < 1.29 is 9.84 Å². The molecule has 5 heteroatoms. The molecule has 3 nitrogen and oxygen atoms in total. The second-order valence-electron chi connectivity index (χ2n) is 5.55. The fourth-order valence-corrected chi connectivity index (χ4v) is 2.48. The molecule has 0 spiro atoms. The predicted molar refractivity (Wildman–Crippen MR) is 95.2 cm³/mol. The molecule has 0 amide bonds. The summed E-state index contributed by atoms with van der Waals surface area (Å²) < 4.78 is 5.73. The third kappa shape index (κ3) is 4.61. The molecule has 0 saturated heterocycles. The Kier molecular flexibility index (Phi) is 6.31. The van der Waals surface area contributed by atoms with Crippen molar-refractivity contribution in [3.05, 3.63) is 63.6 Å². The molecule has 0 bridgehead atoms. The van der Waals surface area contributed by atoms with Crippen molar-refractivity contribution in [1.82, 2.24) is 0 Å². The zero-order chi connectivity index (χ0) is 17.0. The Morgan fingerprint density at radius 1 is 1.04 bits per heavy atom. The lowest BCUT2D eigenvalue weighted by molar-refractivity contribution is 0.146. The highest BCUT2D eigenvalue weighted by Crippen LogP contribution is 2.31. The van der Waals surface area contributed by atoms with E-state index in [1.807, 2.05) is 31.2 Å². The van der Waals surface area contributed by atoms with Gasteiger partial charge in [-0.3, -0.25) is 0 Å². The van der Waals surface area contributed by atoms with Gasteiger partial charge < -0.3 is 15.6 Å². The number of hydrogen-bond donors (Lipinski definition) is 2. The van der Waals surface area contributed by atoms with Crippen LogP contribution in [0.3, 0.4) is 0 Å². The van der Waals surface area contributed by atoms with Gasteiger partial charge in [-0.2, -0.15) is 0 Å². The summed E-state index contributed by atoms with van der Waals surface area (Å²) in [6.07, 6.45) is 0.251. The summed E-state index contributed by atoms with van der Waals surface area (Å²) in [6.45, 7) is 4.09. The van der Waals surface area contributed by atoms with Gasteiger partial charge in [-0.1, -0.05) is 48.3 Å². The fourth-order valence-electron chi connectivity index (χ4n) is 2.17. The number of aliphatic hydroxyl groups is 1. The Labute approximate surface area is 147 Å². The summed E-state index contributed by atoms with van der Waals surface area (Å²) in [5.74, 6) is 0.776. The minimum absolute atomic E-state index is 0.157. The van der Waals surface area contributed by atoms with Crippen LogP contribution in [0.15, 0.2) is 42.5 Å². The molecule has 2 aromatic rings. The van der Waals surface area contributed by atoms with Gasteiger partial charge in [-0.05, 0) is 48.7 Å². The van der Waals surface area contributed by atoms with E-state index >= 15 is 0 Å². The molecule has 2 rings (SSSR count). The lowest BCUT2D eigenvalue weighted by Gasteiger charge is -2.20. The topological polar surface area (TPSA) is 55.5 Å². The standard InChI is InChI=1S/C18H21Cl2NO2/c1-3-11(2)23-14-7-4-12(5-8-14)18(22)17(21)13-6-9-15(19)16(20)10-13/h4-11,17-18,22H,3,21H2,1-2H3/t11?,17-,18+/m0/s1. The van der Waals surface area contributed by atoms with Gasteiger partial charge >= 0.3 is 0 Å². The maximum absolute atomic E-state index is 10.5. The molecule has 0 aliphatic rings. The molecule has 1 unspecified atom stereocenters. The van der Waals surface area contributed by atoms with Gasteiger partial charge in [0.2, 0.25) is 0 Å². The van der Waals surface area contributed by atoms with Crippen molar-refractivity contribution in [2.75, 3.05) is 0 Å². The molecule has 0 fully saturated rings. The highest BCUT2D eigenvalue weighted by atomic mass is 35.5. The number of hydrogen-bond acceptors (Lipinski definition) is 3.